The summed E-state index contributed by atoms with van der Waals surface area (Å²) in [5.74, 6) is 0.251. The van der Waals surface area contributed by atoms with Crippen LogP contribution in [0, 0.1) is 5.82 Å². The SMILES string of the molecule is O=C(NCCc1nnc2ccc(NCc3ccncc3)nn12)c1ccccc1F. The summed E-state index contributed by atoms with van der Waals surface area (Å²) in [6, 6.07) is 13.4. The van der Waals surface area contributed by atoms with E-state index >= 15 is 0 Å². The molecule has 0 aliphatic heterocycles. The average molecular weight is 391 g/mol. The summed E-state index contributed by atoms with van der Waals surface area (Å²) in [5.41, 5.74) is 1.70. The smallest absolute Gasteiger partial charge is 0.254 e. The van der Waals surface area contributed by atoms with Crippen LogP contribution >= 0.6 is 0 Å². The fourth-order valence-corrected chi connectivity index (χ4v) is 2.81. The number of pyridine rings is 1. The number of benzene rings is 1. The first-order chi connectivity index (χ1) is 14.2. The predicted octanol–water partition coefficient (Wildman–Crippen LogP) is 2.24. The van der Waals surface area contributed by atoms with E-state index < -0.39 is 11.7 Å². The Morgan fingerprint density at radius 3 is 2.69 bits per heavy atom. The third kappa shape index (κ3) is 4.34. The van der Waals surface area contributed by atoms with Gasteiger partial charge in [0.1, 0.15) is 11.6 Å². The molecule has 0 bridgehead atoms. The molecule has 4 rings (SSSR count). The number of anilines is 1. The van der Waals surface area contributed by atoms with E-state index in [2.05, 4.69) is 30.9 Å². The molecule has 0 aliphatic rings. The Kier molecular flexibility index (Phi) is 5.37. The average Bonchev–Trinajstić information content (AvgIpc) is 3.15. The molecule has 0 radical (unpaired) electrons. The molecule has 0 atom stereocenters. The van der Waals surface area contributed by atoms with Crippen LogP contribution < -0.4 is 10.6 Å². The van der Waals surface area contributed by atoms with Crippen molar-refractivity contribution < 1.29 is 9.18 Å². The Balaban J connectivity index is 1.40. The Labute approximate surface area is 165 Å². The fraction of sp³-hybridized carbons (Fsp3) is 0.150. The molecule has 1 aromatic carbocycles. The molecule has 2 N–H and O–H groups in total. The minimum atomic E-state index is -0.551. The van der Waals surface area contributed by atoms with Crippen LogP contribution in [0.1, 0.15) is 21.7 Å². The van der Waals surface area contributed by atoms with Crippen molar-refractivity contribution in [1.82, 2.24) is 30.1 Å². The fourth-order valence-electron chi connectivity index (χ4n) is 2.81. The van der Waals surface area contributed by atoms with E-state index in [1.54, 1.807) is 29.0 Å². The lowest BCUT2D eigenvalue weighted by Crippen LogP contribution is -2.27. The lowest BCUT2D eigenvalue weighted by Gasteiger charge is -2.07. The van der Waals surface area contributed by atoms with Gasteiger partial charge in [0.15, 0.2) is 11.5 Å². The summed E-state index contributed by atoms with van der Waals surface area (Å²) in [6.45, 7) is 0.890. The van der Waals surface area contributed by atoms with Crippen molar-refractivity contribution in [2.75, 3.05) is 11.9 Å². The Hall–Kier alpha value is -3.88. The molecule has 3 aromatic heterocycles. The van der Waals surface area contributed by atoms with Crippen LogP contribution in [0.15, 0.2) is 60.9 Å². The van der Waals surface area contributed by atoms with Gasteiger partial charge in [-0.25, -0.2) is 4.39 Å². The van der Waals surface area contributed by atoms with Gasteiger partial charge in [-0.2, -0.15) is 4.52 Å². The maximum absolute atomic E-state index is 13.7. The number of nitrogens with zero attached hydrogens (tertiary/aromatic N) is 5. The maximum Gasteiger partial charge on any atom is 0.254 e. The molecule has 0 saturated heterocycles. The monoisotopic (exact) mass is 391 g/mol. The second-order valence-corrected chi connectivity index (χ2v) is 6.30. The lowest BCUT2D eigenvalue weighted by atomic mass is 10.2. The molecule has 0 saturated carbocycles. The highest BCUT2D eigenvalue weighted by Gasteiger charge is 2.12. The Bertz CT molecular complexity index is 1130. The number of aromatic nitrogens is 5. The molecule has 29 heavy (non-hydrogen) atoms. The van der Waals surface area contributed by atoms with Crippen LogP contribution in [0.25, 0.3) is 5.65 Å². The van der Waals surface area contributed by atoms with Gasteiger partial charge >= 0.3 is 0 Å². The van der Waals surface area contributed by atoms with Crippen molar-refractivity contribution in [2.45, 2.75) is 13.0 Å². The normalized spacial score (nSPS) is 10.8. The highest BCUT2D eigenvalue weighted by molar-refractivity contribution is 5.94. The topological polar surface area (TPSA) is 97.1 Å². The van der Waals surface area contributed by atoms with Crippen molar-refractivity contribution in [3.63, 3.8) is 0 Å². The number of halogens is 1. The minimum absolute atomic E-state index is 0.0133. The van der Waals surface area contributed by atoms with Gasteiger partial charge in [0.2, 0.25) is 0 Å². The van der Waals surface area contributed by atoms with Gasteiger partial charge in [-0.3, -0.25) is 9.78 Å². The number of nitrogens with one attached hydrogen (secondary N) is 2. The molecule has 9 heteroatoms. The number of hydrogen-bond donors (Lipinski definition) is 2. The number of rotatable bonds is 7. The van der Waals surface area contributed by atoms with Gasteiger partial charge < -0.3 is 10.6 Å². The first-order valence-electron chi connectivity index (χ1n) is 9.07. The molecule has 146 valence electrons. The van der Waals surface area contributed by atoms with Crippen LogP contribution in [0.5, 0.6) is 0 Å². The number of amides is 1. The van der Waals surface area contributed by atoms with Crippen LogP contribution in [-0.2, 0) is 13.0 Å². The van der Waals surface area contributed by atoms with Gasteiger partial charge in [-0.1, -0.05) is 12.1 Å². The second-order valence-electron chi connectivity index (χ2n) is 6.30. The minimum Gasteiger partial charge on any atom is -0.365 e. The lowest BCUT2D eigenvalue weighted by molar-refractivity contribution is 0.0950. The molecule has 0 unspecified atom stereocenters. The number of carbonyl (C=O) groups is 1. The van der Waals surface area contributed by atoms with Crippen LogP contribution in [-0.4, -0.2) is 37.2 Å². The van der Waals surface area contributed by atoms with E-state index in [9.17, 15) is 9.18 Å². The van der Waals surface area contributed by atoms with E-state index in [0.29, 0.717) is 30.3 Å². The number of carbonyl (C=O) groups excluding carboxylic acids is 1. The van der Waals surface area contributed by atoms with Gasteiger partial charge in [0.25, 0.3) is 5.91 Å². The summed E-state index contributed by atoms with van der Waals surface area (Å²) in [5, 5.41) is 18.7. The predicted molar refractivity (Wildman–Crippen MR) is 105 cm³/mol. The van der Waals surface area contributed by atoms with Gasteiger partial charge in [-0.15, -0.1) is 15.3 Å². The standard InChI is InChI=1S/C20H18FN7O/c21-16-4-2-1-3-15(16)20(29)23-12-9-19-26-25-18-6-5-17(27-28(18)19)24-13-14-7-10-22-11-8-14/h1-8,10-11H,9,12-13H2,(H,23,29)(H,24,27). The largest absolute Gasteiger partial charge is 0.365 e. The van der Waals surface area contributed by atoms with Gasteiger partial charge in [0, 0.05) is 31.9 Å². The molecule has 3 heterocycles. The van der Waals surface area contributed by atoms with Crippen molar-refractivity contribution in [3.05, 3.63) is 83.7 Å². The van der Waals surface area contributed by atoms with E-state index in [-0.39, 0.29) is 12.1 Å². The molecule has 4 aromatic rings. The molecule has 0 spiro atoms. The Morgan fingerprint density at radius 1 is 1.03 bits per heavy atom. The first kappa shape index (κ1) is 18.5. The molecular formula is C20H18FN7O. The zero-order valence-corrected chi connectivity index (χ0v) is 15.4. The summed E-state index contributed by atoms with van der Waals surface area (Å²) >= 11 is 0. The highest BCUT2D eigenvalue weighted by Crippen LogP contribution is 2.10. The highest BCUT2D eigenvalue weighted by atomic mass is 19.1. The van der Waals surface area contributed by atoms with E-state index in [1.807, 2.05) is 24.3 Å². The van der Waals surface area contributed by atoms with Gasteiger partial charge in [-0.05, 0) is 42.0 Å². The molecular weight excluding hydrogens is 373 g/mol. The van der Waals surface area contributed by atoms with E-state index in [1.165, 1.54) is 12.1 Å². The summed E-state index contributed by atoms with van der Waals surface area (Å²) in [4.78, 5) is 16.1. The zero-order valence-electron chi connectivity index (χ0n) is 15.4. The number of fused-ring (bicyclic) bond motifs is 1. The van der Waals surface area contributed by atoms with Crippen molar-refractivity contribution in [3.8, 4) is 0 Å². The zero-order chi connectivity index (χ0) is 20.1. The van der Waals surface area contributed by atoms with E-state index in [0.717, 1.165) is 5.56 Å². The summed E-state index contributed by atoms with van der Waals surface area (Å²) < 4.78 is 15.3. The third-order valence-electron chi connectivity index (χ3n) is 4.30. The van der Waals surface area contributed by atoms with Gasteiger partial charge in [0.05, 0.1) is 5.56 Å². The van der Waals surface area contributed by atoms with Crippen LogP contribution in [0.3, 0.4) is 0 Å². The Morgan fingerprint density at radius 2 is 1.86 bits per heavy atom. The second kappa shape index (κ2) is 8.42. The van der Waals surface area contributed by atoms with Crippen molar-refractivity contribution in [2.24, 2.45) is 0 Å². The summed E-state index contributed by atoms with van der Waals surface area (Å²) in [7, 11) is 0. The van der Waals surface area contributed by atoms with Crippen molar-refractivity contribution >= 4 is 17.4 Å². The van der Waals surface area contributed by atoms with Crippen LogP contribution in [0.4, 0.5) is 10.2 Å². The molecule has 1 amide bonds. The van der Waals surface area contributed by atoms with E-state index in [4.69, 9.17) is 0 Å². The maximum atomic E-state index is 13.7. The third-order valence-corrected chi connectivity index (χ3v) is 4.30. The van der Waals surface area contributed by atoms with Crippen molar-refractivity contribution in [1.29, 1.82) is 0 Å². The first-order valence-corrected chi connectivity index (χ1v) is 9.07. The molecule has 0 aliphatic carbocycles. The van der Waals surface area contributed by atoms with Crippen LogP contribution in [0.2, 0.25) is 0 Å². The number of hydrogen-bond acceptors (Lipinski definition) is 6. The quantitative estimate of drug-likeness (QED) is 0.502. The summed E-state index contributed by atoms with van der Waals surface area (Å²) in [6.07, 6.45) is 3.88. The molecule has 8 nitrogen and oxygen atoms in total. The molecule has 0 fully saturated rings.